The largest absolute Gasteiger partial charge is 0.383 e. The molecule has 0 radical (unpaired) electrons. The summed E-state index contributed by atoms with van der Waals surface area (Å²) in [5, 5.41) is 0. The van der Waals surface area contributed by atoms with Crippen LogP contribution in [0.25, 0.3) is 0 Å². The number of hydrogen-bond donors (Lipinski definition) is 1. The lowest BCUT2D eigenvalue weighted by Crippen LogP contribution is -2.34. The second kappa shape index (κ2) is 5.92. The summed E-state index contributed by atoms with van der Waals surface area (Å²) < 4.78 is 0.998. The van der Waals surface area contributed by atoms with E-state index in [0.717, 1.165) is 27.4 Å². The average Bonchev–Trinajstić information content (AvgIpc) is 2.33. The molecule has 1 aliphatic rings. The molecule has 18 heavy (non-hydrogen) atoms. The van der Waals surface area contributed by atoms with Crippen molar-refractivity contribution in [1.82, 2.24) is 14.9 Å². The fourth-order valence-electron chi connectivity index (χ4n) is 1.99. The summed E-state index contributed by atoms with van der Waals surface area (Å²) in [5.41, 5.74) is 7.10. The lowest BCUT2D eigenvalue weighted by molar-refractivity contribution is 0.264. The van der Waals surface area contributed by atoms with Crippen LogP contribution < -0.4 is 5.73 Å². The maximum Gasteiger partial charge on any atom is 0.149 e. The van der Waals surface area contributed by atoms with Gasteiger partial charge in [0.1, 0.15) is 11.6 Å². The molecule has 1 aromatic rings. The Morgan fingerprint density at radius 3 is 2.78 bits per heavy atom. The van der Waals surface area contributed by atoms with Gasteiger partial charge in [-0.2, -0.15) is 11.8 Å². The van der Waals surface area contributed by atoms with Gasteiger partial charge in [-0.3, -0.25) is 4.90 Å². The van der Waals surface area contributed by atoms with Crippen molar-refractivity contribution in [2.24, 2.45) is 0 Å². The summed E-state index contributed by atoms with van der Waals surface area (Å²) in [4.78, 5) is 11.6. The number of anilines is 1. The quantitative estimate of drug-likeness (QED) is 0.802. The summed E-state index contributed by atoms with van der Waals surface area (Å²) in [6.07, 6.45) is 0. The van der Waals surface area contributed by atoms with Crippen molar-refractivity contribution in [2.75, 3.05) is 30.8 Å². The van der Waals surface area contributed by atoms with Crippen LogP contribution in [-0.2, 0) is 0 Å². The van der Waals surface area contributed by atoms with Gasteiger partial charge >= 0.3 is 0 Å². The minimum atomic E-state index is 0.292. The smallest absolute Gasteiger partial charge is 0.149 e. The molecule has 1 aromatic heterocycles. The standard InChI is InChI=1S/C12H19IN4S/c1-7(2)10-9(13)11(14)16-12(15-10)8-6-18-5-4-17(8)3/h7-8H,4-6H2,1-3H3,(H2,14,15,16). The molecule has 4 nitrogen and oxygen atoms in total. The van der Waals surface area contributed by atoms with Crippen molar-refractivity contribution in [3.8, 4) is 0 Å². The number of thioether (sulfide) groups is 1. The van der Waals surface area contributed by atoms with E-state index in [1.807, 2.05) is 11.8 Å². The van der Waals surface area contributed by atoms with Crippen LogP contribution >= 0.6 is 34.4 Å². The van der Waals surface area contributed by atoms with Gasteiger partial charge < -0.3 is 5.73 Å². The fraction of sp³-hybridized carbons (Fsp3) is 0.667. The zero-order chi connectivity index (χ0) is 13.3. The lowest BCUT2D eigenvalue weighted by atomic mass is 10.1. The summed E-state index contributed by atoms with van der Waals surface area (Å²) in [7, 11) is 2.14. The van der Waals surface area contributed by atoms with Crippen LogP contribution in [0.2, 0.25) is 0 Å². The molecule has 0 amide bonds. The molecule has 0 bridgehead atoms. The van der Waals surface area contributed by atoms with Gasteiger partial charge in [-0.05, 0) is 35.6 Å². The molecule has 100 valence electrons. The van der Waals surface area contributed by atoms with Crippen molar-refractivity contribution < 1.29 is 0 Å². The second-order valence-electron chi connectivity index (χ2n) is 4.89. The molecule has 0 aromatic carbocycles. The van der Waals surface area contributed by atoms with Crippen LogP contribution in [0.15, 0.2) is 0 Å². The summed E-state index contributed by atoms with van der Waals surface area (Å²) in [5.74, 6) is 4.11. The minimum absolute atomic E-state index is 0.292. The monoisotopic (exact) mass is 378 g/mol. The molecule has 1 aliphatic heterocycles. The van der Waals surface area contributed by atoms with Crippen molar-refractivity contribution in [2.45, 2.75) is 25.8 Å². The Balaban J connectivity index is 2.38. The highest BCUT2D eigenvalue weighted by molar-refractivity contribution is 14.1. The van der Waals surface area contributed by atoms with E-state index in [1.165, 1.54) is 5.75 Å². The first kappa shape index (κ1) is 14.3. The molecule has 2 N–H and O–H groups in total. The normalized spacial score (nSPS) is 21.5. The highest BCUT2D eigenvalue weighted by atomic mass is 127. The van der Waals surface area contributed by atoms with Gasteiger partial charge in [-0.1, -0.05) is 13.8 Å². The molecule has 1 atom stereocenters. The number of halogens is 1. The van der Waals surface area contributed by atoms with E-state index in [2.05, 4.69) is 53.4 Å². The molecule has 0 spiro atoms. The van der Waals surface area contributed by atoms with Gasteiger partial charge in [0.2, 0.25) is 0 Å². The van der Waals surface area contributed by atoms with Gasteiger partial charge in [-0.15, -0.1) is 0 Å². The molecule has 1 fully saturated rings. The van der Waals surface area contributed by atoms with Crippen molar-refractivity contribution in [3.63, 3.8) is 0 Å². The van der Waals surface area contributed by atoms with E-state index in [0.29, 0.717) is 17.8 Å². The summed E-state index contributed by atoms with van der Waals surface area (Å²) in [6.45, 7) is 5.38. The number of nitrogen functional groups attached to an aromatic ring is 1. The van der Waals surface area contributed by atoms with Crippen LogP contribution in [0.4, 0.5) is 5.82 Å². The Morgan fingerprint density at radius 2 is 2.17 bits per heavy atom. The van der Waals surface area contributed by atoms with Crippen LogP contribution in [0.3, 0.4) is 0 Å². The topological polar surface area (TPSA) is 55.0 Å². The maximum atomic E-state index is 6.03. The first-order valence-electron chi connectivity index (χ1n) is 6.11. The SMILES string of the molecule is CC(C)c1nc(C2CSCCN2C)nc(N)c1I. The number of nitrogens with two attached hydrogens (primary N) is 1. The predicted molar refractivity (Wildman–Crippen MR) is 85.9 cm³/mol. The van der Waals surface area contributed by atoms with Gasteiger partial charge in [0.25, 0.3) is 0 Å². The third kappa shape index (κ3) is 2.91. The van der Waals surface area contributed by atoms with E-state index in [4.69, 9.17) is 10.7 Å². The fourth-order valence-corrected chi connectivity index (χ4v) is 4.07. The molecule has 6 heteroatoms. The Labute approximate surface area is 126 Å². The Hall–Kier alpha value is -0.0800. The Kier molecular flexibility index (Phi) is 4.71. The van der Waals surface area contributed by atoms with E-state index in [-0.39, 0.29) is 0 Å². The maximum absolute atomic E-state index is 6.03. The van der Waals surface area contributed by atoms with Gasteiger partial charge in [0.05, 0.1) is 15.3 Å². The molecular formula is C12H19IN4S. The van der Waals surface area contributed by atoms with Gasteiger partial charge in [-0.25, -0.2) is 9.97 Å². The van der Waals surface area contributed by atoms with E-state index in [1.54, 1.807) is 0 Å². The number of nitrogens with zero attached hydrogens (tertiary/aromatic N) is 3. The zero-order valence-electron chi connectivity index (χ0n) is 11.0. The second-order valence-corrected chi connectivity index (χ2v) is 7.12. The van der Waals surface area contributed by atoms with E-state index < -0.39 is 0 Å². The molecule has 2 rings (SSSR count). The number of aromatic nitrogens is 2. The first-order valence-corrected chi connectivity index (χ1v) is 8.34. The first-order chi connectivity index (χ1) is 8.50. The molecule has 1 unspecified atom stereocenters. The minimum Gasteiger partial charge on any atom is -0.383 e. The molecule has 2 heterocycles. The number of rotatable bonds is 2. The van der Waals surface area contributed by atoms with Crippen molar-refractivity contribution in [3.05, 3.63) is 15.1 Å². The predicted octanol–water partition coefficient (Wildman–Crippen LogP) is 2.51. The third-order valence-electron chi connectivity index (χ3n) is 3.16. The van der Waals surface area contributed by atoms with Crippen LogP contribution in [0.5, 0.6) is 0 Å². The number of hydrogen-bond acceptors (Lipinski definition) is 5. The molecule has 0 saturated carbocycles. The van der Waals surface area contributed by atoms with Crippen molar-refractivity contribution >= 4 is 40.2 Å². The van der Waals surface area contributed by atoms with Crippen LogP contribution in [0.1, 0.15) is 37.3 Å². The summed E-state index contributed by atoms with van der Waals surface area (Å²) >= 11 is 4.21. The molecule has 1 saturated heterocycles. The zero-order valence-corrected chi connectivity index (χ0v) is 14.0. The van der Waals surface area contributed by atoms with Gasteiger partial charge in [0.15, 0.2) is 0 Å². The van der Waals surface area contributed by atoms with Crippen molar-refractivity contribution in [1.29, 1.82) is 0 Å². The van der Waals surface area contributed by atoms with Crippen LogP contribution in [0, 0.1) is 3.57 Å². The Bertz CT molecular complexity index is 438. The van der Waals surface area contributed by atoms with E-state index in [9.17, 15) is 0 Å². The highest BCUT2D eigenvalue weighted by Gasteiger charge is 2.25. The summed E-state index contributed by atoms with van der Waals surface area (Å²) in [6, 6.07) is 0.292. The highest BCUT2D eigenvalue weighted by Crippen LogP contribution is 2.30. The third-order valence-corrected chi connectivity index (χ3v) is 5.29. The van der Waals surface area contributed by atoms with Gasteiger partial charge in [0, 0.05) is 18.1 Å². The van der Waals surface area contributed by atoms with E-state index >= 15 is 0 Å². The average molecular weight is 378 g/mol. The lowest BCUT2D eigenvalue weighted by Gasteiger charge is -2.31. The molecule has 0 aliphatic carbocycles. The van der Waals surface area contributed by atoms with Crippen LogP contribution in [-0.4, -0.2) is 40.0 Å². The molecular weight excluding hydrogens is 359 g/mol. The Morgan fingerprint density at radius 1 is 1.44 bits per heavy atom.